The summed E-state index contributed by atoms with van der Waals surface area (Å²) < 4.78 is 5.45. The summed E-state index contributed by atoms with van der Waals surface area (Å²) in [5.74, 6) is 0.0452. The van der Waals surface area contributed by atoms with Gasteiger partial charge in [0.2, 0.25) is 0 Å². The van der Waals surface area contributed by atoms with Crippen LogP contribution in [0.3, 0.4) is 0 Å². The van der Waals surface area contributed by atoms with Gasteiger partial charge in [0.25, 0.3) is 11.5 Å². The average molecular weight is 492 g/mol. The van der Waals surface area contributed by atoms with Gasteiger partial charge in [0.1, 0.15) is 5.69 Å². The number of amides is 1. The quantitative estimate of drug-likeness (QED) is 0.449. The number of benzene rings is 1. The predicted molar refractivity (Wildman–Crippen MR) is 137 cm³/mol. The van der Waals surface area contributed by atoms with Crippen molar-refractivity contribution in [2.24, 2.45) is 5.92 Å². The molecule has 2 aromatic heterocycles. The number of aromatic amines is 2. The molecule has 0 bridgehead atoms. The number of nitrogens with one attached hydrogen (secondary N) is 2. The standard InChI is InChI=1S/C27H33N5O4/c1-36-15-14-32(19-21-8-5-11-28-18-21)24(16-20-6-3-2-4-7-20)22-9-12-31(13-10-22)26(34)23-17-25(33)30-27(35)29-23/h2-8,11,17-18,22,24H,9-10,12-16,19H2,1H3,(H2,29,30,33,35)/t24-/m1/s1. The SMILES string of the molecule is COCCN(Cc1cccnc1)[C@H](Cc1ccccc1)C1CCN(C(=O)c2cc(=O)[nH]c(=O)[nH]2)CC1. The van der Waals surface area contributed by atoms with Gasteiger partial charge in [-0.3, -0.25) is 24.5 Å². The van der Waals surface area contributed by atoms with Gasteiger partial charge in [-0.05, 0) is 42.4 Å². The van der Waals surface area contributed by atoms with E-state index in [2.05, 4.69) is 50.2 Å². The van der Waals surface area contributed by atoms with Crippen LogP contribution in [0, 0.1) is 5.92 Å². The van der Waals surface area contributed by atoms with Crippen LogP contribution < -0.4 is 11.2 Å². The van der Waals surface area contributed by atoms with Crippen molar-refractivity contribution in [3.8, 4) is 0 Å². The van der Waals surface area contributed by atoms with Crippen LogP contribution in [0.1, 0.15) is 34.5 Å². The summed E-state index contributed by atoms with van der Waals surface area (Å²) in [5.41, 5.74) is 1.20. The van der Waals surface area contributed by atoms with E-state index in [1.165, 1.54) is 5.56 Å². The van der Waals surface area contributed by atoms with E-state index in [0.29, 0.717) is 25.6 Å². The number of likely N-dealkylation sites (tertiary alicyclic amines) is 1. The number of carbonyl (C=O) groups excluding carboxylic acids is 1. The number of carbonyl (C=O) groups is 1. The lowest BCUT2D eigenvalue weighted by Gasteiger charge is -2.41. The Morgan fingerprint density at radius 2 is 1.86 bits per heavy atom. The topological polar surface area (TPSA) is 111 Å². The number of nitrogens with zero attached hydrogens (tertiary/aromatic N) is 3. The van der Waals surface area contributed by atoms with Gasteiger partial charge in [0.05, 0.1) is 6.61 Å². The van der Waals surface area contributed by atoms with Crippen LogP contribution in [0.4, 0.5) is 0 Å². The molecule has 0 unspecified atom stereocenters. The van der Waals surface area contributed by atoms with Crippen molar-refractivity contribution in [2.75, 3.05) is 33.4 Å². The van der Waals surface area contributed by atoms with E-state index in [-0.39, 0.29) is 17.6 Å². The molecule has 1 amide bonds. The fraction of sp³-hybridized carbons (Fsp3) is 0.407. The Morgan fingerprint density at radius 1 is 1.11 bits per heavy atom. The molecule has 3 aromatic rings. The molecule has 1 aliphatic rings. The van der Waals surface area contributed by atoms with Gasteiger partial charge in [-0.2, -0.15) is 0 Å². The largest absolute Gasteiger partial charge is 0.383 e. The molecule has 2 N–H and O–H groups in total. The fourth-order valence-corrected chi connectivity index (χ4v) is 4.99. The Kier molecular flexibility index (Phi) is 8.80. The minimum atomic E-state index is -0.673. The van der Waals surface area contributed by atoms with E-state index >= 15 is 0 Å². The van der Waals surface area contributed by atoms with E-state index in [4.69, 9.17) is 4.74 Å². The van der Waals surface area contributed by atoms with Crippen LogP contribution in [-0.4, -0.2) is 70.1 Å². The maximum absolute atomic E-state index is 13.0. The molecule has 1 aromatic carbocycles. The van der Waals surface area contributed by atoms with Crippen molar-refractivity contribution in [3.63, 3.8) is 0 Å². The third-order valence-corrected chi connectivity index (χ3v) is 6.81. The highest BCUT2D eigenvalue weighted by Gasteiger charge is 2.32. The van der Waals surface area contributed by atoms with Gasteiger partial charge in [-0.25, -0.2) is 4.79 Å². The molecule has 190 valence electrons. The van der Waals surface area contributed by atoms with Crippen molar-refractivity contribution in [2.45, 2.75) is 31.8 Å². The highest BCUT2D eigenvalue weighted by Crippen LogP contribution is 2.28. The zero-order chi connectivity index (χ0) is 25.3. The number of H-pyrrole nitrogens is 2. The highest BCUT2D eigenvalue weighted by molar-refractivity contribution is 5.92. The Bertz CT molecular complexity index is 1190. The number of methoxy groups -OCH3 is 1. The lowest BCUT2D eigenvalue weighted by Crippen LogP contribution is -2.48. The number of hydrogen-bond acceptors (Lipinski definition) is 6. The van der Waals surface area contributed by atoms with Crippen LogP contribution in [0.5, 0.6) is 0 Å². The van der Waals surface area contributed by atoms with Crippen LogP contribution in [0.15, 0.2) is 70.5 Å². The van der Waals surface area contributed by atoms with Gasteiger partial charge in [0, 0.05) is 57.8 Å². The molecule has 3 heterocycles. The maximum atomic E-state index is 13.0. The smallest absolute Gasteiger partial charge is 0.326 e. The molecule has 0 saturated carbocycles. The fourth-order valence-electron chi connectivity index (χ4n) is 4.99. The summed E-state index contributed by atoms with van der Waals surface area (Å²) in [4.78, 5) is 49.3. The predicted octanol–water partition coefficient (Wildman–Crippen LogP) is 2.07. The first-order valence-electron chi connectivity index (χ1n) is 12.3. The monoisotopic (exact) mass is 491 g/mol. The highest BCUT2D eigenvalue weighted by atomic mass is 16.5. The molecule has 9 nitrogen and oxygen atoms in total. The number of hydrogen-bond donors (Lipinski definition) is 2. The normalized spacial score (nSPS) is 15.2. The average Bonchev–Trinajstić information content (AvgIpc) is 2.90. The molecule has 1 saturated heterocycles. The van der Waals surface area contributed by atoms with Gasteiger partial charge in [-0.15, -0.1) is 0 Å². The number of pyridine rings is 1. The second-order valence-electron chi connectivity index (χ2n) is 9.21. The summed E-state index contributed by atoms with van der Waals surface area (Å²) >= 11 is 0. The first-order chi connectivity index (χ1) is 17.5. The molecule has 0 radical (unpaired) electrons. The van der Waals surface area contributed by atoms with Crippen molar-refractivity contribution < 1.29 is 9.53 Å². The number of piperidine rings is 1. The molecule has 4 rings (SSSR count). The van der Waals surface area contributed by atoms with Gasteiger partial charge >= 0.3 is 5.69 Å². The molecule has 36 heavy (non-hydrogen) atoms. The second kappa shape index (κ2) is 12.4. The Morgan fingerprint density at radius 3 is 2.53 bits per heavy atom. The molecular formula is C27H33N5O4. The molecule has 1 atom stereocenters. The molecule has 0 spiro atoms. The van der Waals surface area contributed by atoms with Gasteiger partial charge in [0.15, 0.2) is 0 Å². The Labute approximate surface area is 210 Å². The minimum Gasteiger partial charge on any atom is -0.383 e. The zero-order valence-electron chi connectivity index (χ0n) is 20.6. The number of rotatable bonds is 10. The number of aromatic nitrogens is 3. The summed E-state index contributed by atoms with van der Waals surface area (Å²) in [5, 5.41) is 0. The van der Waals surface area contributed by atoms with Crippen molar-refractivity contribution in [1.29, 1.82) is 0 Å². The number of ether oxygens (including phenoxy) is 1. The third-order valence-electron chi connectivity index (χ3n) is 6.81. The van der Waals surface area contributed by atoms with Gasteiger partial charge < -0.3 is 14.6 Å². The van der Waals surface area contributed by atoms with E-state index in [9.17, 15) is 14.4 Å². The van der Waals surface area contributed by atoms with E-state index in [1.54, 1.807) is 18.2 Å². The van der Waals surface area contributed by atoms with Crippen LogP contribution in [0.2, 0.25) is 0 Å². The Hall–Kier alpha value is -3.56. The third kappa shape index (κ3) is 6.77. The van der Waals surface area contributed by atoms with Gasteiger partial charge in [-0.1, -0.05) is 36.4 Å². The van der Waals surface area contributed by atoms with Crippen molar-refractivity contribution in [1.82, 2.24) is 24.8 Å². The minimum absolute atomic E-state index is 0.0290. The zero-order valence-corrected chi connectivity index (χ0v) is 20.6. The molecular weight excluding hydrogens is 458 g/mol. The lowest BCUT2D eigenvalue weighted by molar-refractivity contribution is 0.0481. The summed E-state index contributed by atoms with van der Waals surface area (Å²) in [6, 6.07) is 15.9. The van der Waals surface area contributed by atoms with E-state index < -0.39 is 11.2 Å². The van der Waals surface area contributed by atoms with E-state index in [0.717, 1.165) is 44.0 Å². The van der Waals surface area contributed by atoms with Crippen LogP contribution in [-0.2, 0) is 17.7 Å². The molecule has 9 heteroatoms. The van der Waals surface area contributed by atoms with Crippen LogP contribution in [0.25, 0.3) is 0 Å². The maximum Gasteiger partial charge on any atom is 0.326 e. The van der Waals surface area contributed by atoms with Crippen LogP contribution >= 0.6 is 0 Å². The second-order valence-corrected chi connectivity index (χ2v) is 9.21. The first kappa shape index (κ1) is 25.5. The summed E-state index contributed by atoms with van der Waals surface area (Å²) in [6.07, 6.45) is 6.24. The molecule has 0 aliphatic carbocycles. The summed E-state index contributed by atoms with van der Waals surface area (Å²) in [6.45, 7) is 3.31. The first-order valence-corrected chi connectivity index (χ1v) is 12.3. The Balaban J connectivity index is 1.52. The van der Waals surface area contributed by atoms with Crippen molar-refractivity contribution in [3.05, 3.63) is 98.6 Å². The van der Waals surface area contributed by atoms with Crippen molar-refractivity contribution >= 4 is 5.91 Å². The lowest BCUT2D eigenvalue weighted by atomic mass is 9.84. The van der Waals surface area contributed by atoms with E-state index in [1.807, 2.05) is 18.3 Å². The molecule has 1 aliphatic heterocycles. The molecule has 1 fully saturated rings. The summed E-state index contributed by atoms with van der Waals surface area (Å²) in [7, 11) is 1.72.